The first-order valence-electron chi connectivity index (χ1n) is 9.58. The molecule has 0 atom stereocenters. The molecule has 0 saturated heterocycles. The van der Waals surface area contributed by atoms with Gasteiger partial charge < -0.3 is 9.15 Å². The number of benzene rings is 3. The molecule has 1 heterocycles. The highest BCUT2D eigenvalue weighted by atomic mass is 32.2. The second kappa shape index (κ2) is 8.57. The second-order valence-electron chi connectivity index (χ2n) is 7.19. The molecule has 1 N–H and O–H groups in total. The van der Waals surface area contributed by atoms with Crippen LogP contribution in [0.5, 0.6) is 5.75 Å². The number of ether oxygens (including phenoxy) is 1. The Kier molecular flexibility index (Phi) is 5.67. The van der Waals surface area contributed by atoms with E-state index in [0.29, 0.717) is 39.1 Å². The van der Waals surface area contributed by atoms with Crippen LogP contribution in [0.3, 0.4) is 0 Å². The van der Waals surface area contributed by atoms with Crippen molar-refractivity contribution in [2.75, 3.05) is 11.0 Å². The lowest BCUT2D eigenvalue weighted by Crippen LogP contribution is -2.09. The lowest BCUT2D eigenvalue weighted by Gasteiger charge is -2.08. The van der Waals surface area contributed by atoms with E-state index >= 15 is 0 Å². The van der Waals surface area contributed by atoms with Crippen LogP contribution in [-0.2, 0) is 16.6 Å². The fourth-order valence-electron chi connectivity index (χ4n) is 3.23. The summed E-state index contributed by atoms with van der Waals surface area (Å²) in [6.45, 7) is 0.275. The molecular weight excluding hydrogens is 428 g/mol. The van der Waals surface area contributed by atoms with Gasteiger partial charge in [-0.15, -0.1) is 0 Å². The van der Waals surface area contributed by atoms with Crippen LogP contribution in [0, 0.1) is 11.3 Å². The Morgan fingerprint density at radius 1 is 1.06 bits per heavy atom. The van der Waals surface area contributed by atoms with Crippen molar-refractivity contribution < 1.29 is 17.6 Å². The van der Waals surface area contributed by atoms with Crippen LogP contribution in [0.25, 0.3) is 22.1 Å². The Hall–Kier alpha value is -4.09. The van der Waals surface area contributed by atoms with Crippen LogP contribution < -0.4 is 14.9 Å². The van der Waals surface area contributed by atoms with Crippen molar-refractivity contribution >= 4 is 26.7 Å². The molecule has 0 saturated carbocycles. The van der Waals surface area contributed by atoms with Crippen molar-refractivity contribution in [1.82, 2.24) is 0 Å². The fraction of sp³-hybridized carbons (Fsp3) is 0.0833. The Morgan fingerprint density at radius 3 is 2.56 bits per heavy atom. The van der Waals surface area contributed by atoms with Crippen molar-refractivity contribution in [2.24, 2.45) is 0 Å². The van der Waals surface area contributed by atoms with Crippen molar-refractivity contribution in [1.29, 1.82) is 5.26 Å². The largest absolute Gasteiger partial charge is 0.489 e. The van der Waals surface area contributed by atoms with E-state index in [-0.39, 0.29) is 12.0 Å². The zero-order valence-corrected chi connectivity index (χ0v) is 17.8. The molecule has 0 bridgehead atoms. The van der Waals surface area contributed by atoms with Gasteiger partial charge in [-0.1, -0.05) is 24.3 Å². The summed E-state index contributed by atoms with van der Waals surface area (Å²) in [4.78, 5) is 13.0. The molecule has 0 unspecified atom stereocenters. The molecule has 4 aromatic rings. The van der Waals surface area contributed by atoms with E-state index in [9.17, 15) is 13.2 Å². The van der Waals surface area contributed by atoms with Crippen LogP contribution in [0.1, 0.15) is 11.1 Å². The summed E-state index contributed by atoms with van der Waals surface area (Å²) >= 11 is 0. The maximum atomic E-state index is 13.0. The maximum absolute atomic E-state index is 13.0. The number of nitrogens with one attached hydrogen (secondary N) is 1. The summed E-state index contributed by atoms with van der Waals surface area (Å²) in [5, 5.41) is 9.40. The van der Waals surface area contributed by atoms with E-state index in [2.05, 4.69) is 10.8 Å². The molecule has 0 fully saturated rings. The van der Waals surface area contributed by atoms with Crippen molar-refractivity contribution in [3.05, 3.63) is 94.3 Å². The van der Waals surface area contributed by atoms with Crippen LogP contribution in [0.2, 0.25) is 0 Å². The lowest BCUT2D eigenvalue weighted by atomic mass is 10.1. The molecule has 0 aliphatic rings. The normalized spacial score (nSPS) is 11.1. The average Bonchev–Trinajstić information content (AvgIpc) is 2.78. The number of nitriles is 1. The number of rotatable bonds is 6. The third kappa shape index (κ3) is 4.79. The summed E-state index contributed by atoms with van der Waals surface area (Å²) in [5.41, 5.74) is 2.98. The van der Waals surface area contributed by atoms with Gasteiger partial charge in [0.15, 0.2) is 5.43 Å². The highest BCUT2D eigenvalue weighted by Gasteiger charge is 2.11. The van der Waals surface area contributed by atoms with Crippen LogP contribution in [-0.4, -0.2) is 14.7 Å². The molecule has 7 nitrogen and oxygen atoms in total. The number of fused-ring (bicyclic) bond motifs is 1. The van der Waals surface area contributed by atoms with E-state index in [1.807, 2.05) is 6.07 Å². The van der Waals surface area contributed by atoms with E-state index in [0.717, 1.165) is 11.8 Å². The molecule has 0 amide bonds. The van der Waals surface area contributed by atoms with Crippen LogP contribution in [0.15, 0.2) is 82.2 Å². The first-order valence-corrected chi connectivity index (χ1v) is 11.5. The van der Waals surface area contributed by atoms with E-state index < -0.39 is 10.0 Å². The topological polar surface area (TPSA) is 109 Å². The van der Waals surface area contributed by atoms with Crippen molar-refractivity contribution in [3.8, 4) is 22.9 Å². The van der Waals surface area contributed by atoms with Gasteiger partial charge in [0.2, 0.25) is 10.0 Å². The average molecular weight is 446 g/mol. The van der Waals surface area contributed by atoms with Gasteiger partial charge in [0, 0.05) is 11.8 Å². The number of nitrogens with zero attached hydrogens (tertiary/aromatic N) is 1. The smallest absolute Gasteiger partial charge is 0.229 e. The molecule has 0 radical (unpaired) electrons. The molecule has 8 heteroatoms. The minimum absolute atomic E-state index is 0.205. The minimum Gasteiger partial charge on any atom is -0.489 e. The summed E-state index contributed by atoms with van der Waals surface area (Å²) < 4.78 is 36.5. The quantitative estimate of drug-likeness (QED) is 0.473. The third-order valence-corrected chi connectivity index (χ3v) is 5.31. The molecule has 0 aliphatic carbocycles. The van der Waals surface area contributed by atoms with E-state index in [1.54, 1.807) is 60.7 Å². The lowest BCUT2D eigenvalue weighted by molar-refractivity contribution is 0.306. The Morgan fingerprint density at radius 2 is 1.84 bits per heavy atom. The van der Waals surface area contributed by atoms with Gasteiger partial charge >= 0.3 is 0 Å². The first-order chi connectivity index (χ1) is 15.3. The highest BCUT2D eigenvalue weighted by molar-refractivity contribution is 7.92. The Balaban J connectivity index is 1.57. The van der Waals surface area contributed by atoms with Gasteiger partial charge in [0.05, 0.1) is 28.8 Å². The van der Waals surface area contributed by atoms with Gasteiger partial charge in [0.1, 0.15) is 24.2 Å². The summed E-state index contributed by atoms with van der Waals surface area (Å²) in [7, 11) is -3.38. The molecule has 32 heavy (non-hydrogen) atoms. The standard InChI is InChI=1S/C24H18N2O5S/c1-32(28,29)26-19-7-5-18(6-8-19)22-15-31-23-12-20(9-10-21(23)24(22)27)30-14-17-4-2-3-16(11-17)13-25/h2-12,15,26H,14H2,1H3. The van der Waals surface area contributed by atoms with Crippen LogP contribution >= 0.6 is 0 Å². The zero-order chi connectivity index (χ0) is 22.7. The molecule has 3 aromatic carbocycles. The molecule has 1 aromatic heterocycles. The fourth-order valence-corrected chi connectivity index (χ4v) is 3.79. The van der Waals surface area contributed by atoms with Gasteiger partial charge in [-0.25, -0.2) is 8.42 Å². The van der Waals surface area contributed by atoms with Crippen molar-refractivity contribution in [3.63, 3.8) is 0 Å². The van der Waals surface area contributed by atoms with Gasteiger partial charge in [-0.05, 0) is 47.5 Å². The predicted molar refractivity (Wildman–Crippen MR) is 122 cm³/mol. The SMILES string of the molecule is CS(=O)(=O)Nc1ccc(-c2coc3cc(OCc4cccc(C#N)c4)ccc3c2=O)cc1. The van der Waals surface area contributed by atoms with Gasteiger partial charge in [-0.3, -0.25) is 9.52 Å². The summed E-state index contributed by atoms with van der Waals surface area (Å²) in [6.07, 6.45) is 2.45. The molecule has 160 valence electrons. The summed E-state index contributed by atoms with van der Waals surface area (Å²) in [6, 6.07) is 20.7. The number of anilines is 1. The van der Waals surface area contributed by atoms with Crippen LogP contribution in [0.4, 0.5) is 5.69 Å². The molecule has 4 rings (SSSR count). The first kappa shape index (κ1) is 21.2. The number of hydrogen-bond acceptors (Lipinski definition) is 6. The number of hydrogen-bond donors (Lipinski definition) is 1. The minimum atomic E-state index is -3.38. The third-order valence-electron chi connectivity index (χ3n) is 4.71. The second-order valence-corrected chi connectivity index (χ2v) is 8.94. The summed E-state index contributed by atoms with van der Waals surface area (Å²) in [5.74, 6) is 0.534. The van der Waals surface area contributed by atoms with Crippen molar-refractivity contribution in [2.45, 2.75) is 6.61 Å². The van der Waals surface area contributed by atoms with Gasteiger partial charge in [0.25, 0.3) is 0 Å². The Labute approximate surface area is 184 Å². The van der Waals surface area contributed by atoms with E-state index in [1.165, 1.54) is 6.26 Å². The van der Waals surface area contributed by atoms with Gasteiger partial charge in [-0.2, -0.15) is 5.26 Å². The predicted octanol–water partition coefficient (Wildman–Crippen LogP) is 4.28. The monoisotopic (exact) mass is 446 g/mol. The van der Waals surface area contributed by atoms with E-state index in [4.69, 9.17) is 14.4 Å². The zero-order valence-electron chi connectivity index (χ0n) is 17.0. The number of sulfonamides is 1. The molecule has 0 aliphatic heterocycles. The Bertz CT molecular complexity index is 1500. The maximum Gasteiger partial charge on any atom is 0.229 e. The highest BCUT2D eigenvalue weighted by Crippen LogP contribution is 2.25. The molecule has 0 spiro atoms. The molecular formula is C24H18N2O5S.